The van der Waals surface area contributed by atoms with Crippen molar-refractivity contribution in [3.05, 3.63) is 51.6 Å². The first-order valence-corrected chi connectivity index (χ1v) is 9.29. The number of hydrogen-bond acceptors (Lipinski definition) is 6. The number of pyridine rings is 1. The van der Waals surface area contributed by atoms with Crippen LogP contribution in [0.3, 0.4) is 0 Å². The Morgan fingerprint density at radius 2 is 2.10 bits per heavy atom. The van der Waals surface area contributed by atoms with E-state index in [2.05, 4.69) is 10.3 Å². The first-order chi connectivity index (χ1) is 13.7. The highest BCUT2D eigenvalue weighted by molar-refractivity contribution is 6.07. The topological polar surface area (TPSA) is 115 Å². The molecule has 2 unspecified atom stereocenters. The van der Waals surface area contributed by atoms with Gasteiger partial charge in [-0.2, -0.15) is 0 Å². The predicted molar refractivity (Wildman–Crippen MR) is 107 cm³/mol. The van der Waals surface area contributed by atoms with Gasteiger partial charge >= 0.3 is 5.82 Å². The Morgan fingerprint density at radius 3 is 2.76 bits per heavy atom. The summed E-state index contributed by atoms with van der Waals surface area (Å²) in [7, 11) is 0. The number of carbonyl (C=O) groups is 2. The Morgan fingerprint density at radius 1 is 1.38 bits per heavy atom. The highest BCUT2D eigenvalue weighted by atomic mass is 16.6. The van der Waals surface area contributed by atoms with Crippen molar-refractivity contribution in [2.75, 3.05) is 10.2 Å². The van der Waals surface area contributed by atoms with Crippen molar-refractivity contribution in [3.8, 4) is 5.75 Å². The number of para-hydroxylation sites is 1. The Bertz CT molecular complexity index is 991. The number of hydrogen-bond donors (Lipinski definition) is 1. The van der Waals surface area contributed by atoms with E-state index in [1.165, 1.54) is 12.1 Å². The van der Waals surface area contributed by atoms with Crippen molar-refractivity contribution in [2.24, 2.45) is 0 Å². The van der Waals surface area contributed by atoms with Gasteiger partial charge in [0.25, 0.3) is 11.7 Å². The molecule has 1 aromatic heterocycles. The number of aromatic nitrogens is 1. The standard InChI is InChI=1S/C20H22N4O5/c1-5-14-8-6-7-11(2)17(14)22-19(25)12(3)23-18-15(29-13(4)20(23)26)9-10-16(21-18)24(27)28/h6-10,12-13H,5H2,1-4H3,(H,22,25). The van der Waals surface area contributed by atoms with E-state index in [4.69, 9.17) is 4.74 Å². The lowest BCUT2D eigenvalue weighted by Gasteiger charge is -2.33. The van der Waals surface area contributed by atoms with E-state index in [1.54, 1.807) is 13.8 Å². The summed E-state index contributed by atoms with van der Waals surface area (Å²) in [6.45, 7) is 6.99. The molecule has 1 aliphatic rings. The zero-order valence-corrected chi connectivity index (χ0v) is 16.6. The molecule has 0 fully saturated rings. The van der Waals surface area contributed by atoms with E-state index < -0.39 is 34.7 Å². The summed E-state index contributed by atoms with van der Waals surface area (Å²) in [5.74, 6) is -1.17. The molecule has 2 atom stereocenters. The molecule has 9 heteroatoms. The zero-order chi connectivity index (χ0) is 21.3. The van der Waals surface area contributed by atoms with Crippen LogP contribution in [0.5, 0.6) is 5.75 Å². The maximum atomic E-state index is 13.0. The van der Waals surface area contributed by atoms with Crippen molar-refractivity contribution in [1.82, 2.24) is 4.98 Å². The van der Waals surface area contributed by atoms with Gasteiger partial charge in [0, 0.05) is 11.8 Å². The molecule has 1 aliphatic heterocycles. The minimum absolute atomic E-state index is 0.0366. The summed E-state index contributed by atoms with van der Waals surface area (Å²) in [4.78, 5) is 41.3. The van der Waals surface area contributed by atoms with E-state index in [-0.39, 0.29) is 11.6 Å². The number of anilines is 2. The van der Waals surface area contributed by atoms with Crippen molar-refractivity contribution in [3.63, 3.8) is 0 Å². The van der Waals surface area contributed by atoms with Crippen LogP contribution in [0, 0.1) is 17.0 Å². The highest BCUT2D eigenvalue weighted by Crippen LogP contribution is 2.35. The van der Waals surface area contributed by atoms with Gasteiger partial charge in [-0.05, 0) is 54.3 Å². The molecular weight excluding hydrogens is 376 g/mol. The molecule has 0 saturated carbocycles. The molecule has 0 saturated heterocycles. The number of nitrogens with zero attached hydrogens (tertiary/aromatic N) is 3. The van der Waals surface area contributed by atoms with Crippen LogP contribution in [-0.2, 0) is 16.0 Å². The van der Waals surface area contributed by atoms with Crippen LogP contribution in [0.15, 0.2) is 30.3 Å². The molecule has 9 nitrogen and oxygen atoms in total. The zero-order valence-electron chi connectivity index (χ0n) is 16.6. The van der Waals surface area contributed by atoms with E-state index in [9.17, 15) is 19.7 Å². The third-order valence-electron chi connectivity index (χ3n) is 4.88. The average molecular weight is 398 g/mol. The van der Waals surface area contributed by atoms with Gasteiger partial charge in [-0.25, -0.2) is 0 Å². The third-order valence-corrected chi connectivity index (χ3v) is 4.88. The van der Waals surface area contributed by atoms with Crippen LogP contribution in [0.25, 0.3) is 0 Å². The van der Waals surface area contributed by atoms with Crippen LogP contribution in [0.1, 0.15) is 31.9 Å². The summed E-state index contributed by atoms with van der Waals surface area (Å²) in [6.07, 6.45) is -0.110. The number of ether oxygens (including phenoxy) is 1. The van der Waals surface area contributed by atoms with Crippen LogP contribution >= 0.6 is 0 Å². The fraction of sp³-hybridized carbons (Fsp3) is 0.350. The molecule has 0 bridgehead atoms. The molecule has 0 spiro atoms. The van der Waals surface area contributed by atoms with Gasteiger partial charge in [0.15, 0.2) is 11.9 Å². The molecule has 2 heterocycles. The van der Waals surface area contributed by atoms with Crippen molar-refractivity contribution in [2.45, 2.75) is 46.3 Å². The second kappa shape index (κ2) is 7.86. The summed E-state index contributed by atoms with van der Waals surface area (Å²) in [6, 6.07) is 7.37. The van der Waals surface area contributed by atoms with E-state index >= 15 is 0 Å². The summed E-state index contributed by atoms with van der Waals surface area (Å²) >= 11 is 0. The number of nitro groups is 1. The predicted octanol–water partition coefficient (Wildman–Crippen LogP) is 3.00. The van der Waals surface area contributed by atoms with E-state index in [1.807, 2.05) is 32.0 Å². The Balaban J connectivity index is 1.97. The quantitative estimate of drug-likeness (QED) is 0.612. The second-order valence-corrected chi connectivity index (χ2v) is 6.84. The maximum Gasteiger partial charge on any atom is 0.366 e. The van der Waals surface area contributed by atoms with Gasteiger partial charge in [-0.15, -0.1) is 0 Å². The van der Waals surface area contributed by atoms with Crippen LogP contribution in [0.4, 0.5) is 17.3 Å². The summed E-state index contributed by atoms with van der Waals surface area (Å²) < 4.78 is 5.50. The van der Waals surface area contributed by atoms with Gasteiger partial charge in [-0.3, -0.25) is 14.5 Å². The summed E-state index contributed by atoms with van der Waals surface area (Å²) in [5, 5.41) is 14.0. The Labute approximate surface area is 167 Å². The van der Waals surface area contributed by atoms with E-state index in [0.717, 1.165) is 22.4 Å². The number of rotatable bonds is 5. The van der Waals surface area contributed by atoms with Crippen LogP contribution in [0.2, 0.25) is 0 Å². The van der Waals surface area contributed by atoms with Crippen molar-refractivity contribution >= 4 is 29.1 Å². The molecule has 2 aromatic rings. The fourth-order valence-electron chi connectivity index (χ4n) is 3.25. The fourth-order valence-corrected chi connectivity index (χ4v) is 3.25. The lowest BCUT2D eigenvalue weighted by atomic mass is 10.1. The molecule has 29 heavy (non-hydrogen) atoms. The SMILES string of the molecule is CCc1cccc(C)c1NC(=O)C(C)N1C(=O)C(C)Oc2ccc([N+](=O)[O-])nc21. The smallest absolute Gasteiger partial charge is 0.366 e. The molecule has 0 aliphatic carbocycles. The largest absolute Gasteiger partial charge is 0.475 e. The number of fused-ring (bicyclic) bond motifs is 1. The number of carbonyl (C=O) groups excluding carboxylic acids is 2. The van der Waals surface area contributed by atoms with Crippen molar-refractivity contribution in [1.29, 1.82) is 0 Å². The van der Waals surface area contributed by atoms with Crippen molar-refractivity contribution < 1.29 is 19.2 Å². The molecule has 1 aromatic carbocycles. The molecule has 2 amide bonds. The lowest BCUT2D eigenvalue weighted by molar-refractivity contribution is -0.389. The lowest BCUT2D eigenvalue weighted by Crippen LogP contribution is -2.53. The highest BCUT2D eigenvalue weighted by Gasteiger charge is 2.41. The first kappa shape index (κ1) is 20.2. The van der Waals surface area contributed by atoms with Crippen LogP contribution < -0.4 is 15.0 Å². The number of nitrogens with one attached hydrogen (secondary N) is 1. The Hall–Kier alpha value is -3.49. The van der Waals surface area contributed by atoms with Gasteiger partial charge in [0.2, 0.25) is 5.91 Å². The normalized spacial score (nSPS) is 16.6. The molecule has 152 valence electrons. The third kappa shape index (κ3) is 3.75. The average Bonchev–Trinajstić information content (AvgIpc) is 2.69. The molecule has 0 radical (unpaired) electrons. The number of aryl methyl sites for hydroxylation is 2. The molecular formula is C20H22N4O5. The maximum absolute atomic E-state index is 13.0. The van der Waals surface area contributed by atoms with Gasteiger partial charge < -0.3 is 20.2 Å². The first-order valence-electron chi connectivity index (χ1n) is 9.29. The Kier molecular flexibility index (Phi) is 5.49. The monoisotopic (exact) mass is 398 g/mol. The second-order valence-electron chi connectivity index (χ2n) is 6.84. The minimum atomic E-state index is -0.952. The van der Waals surface area contributed by atoms with Gasteiger partial charge in [0.1, 0.15) is 6.04 Å². The van der Waals surface area contributed by atoms with Gasteiger partial charge in [-0.1, -0.05) is 25.1 Å². The molecule has 1 N–H and O–H groups in total. The number of amides is 2. The minimum Gasteiger partial charge on any atom is -0.475 e. The van der Waals surface area contributed by atoms with Crippen LogP contribution in [-0.4, -0.2) is 33.9 Å². The van der Waals surface area contributed by atoms with E-state index in [0.29, 0.717) is 5.69 Å². The van der Waals surface area contributed by atoms with Gasteiger partial charge in [0.05, 0.1) is 0 Å². The summed E-state index contributed by atoms with van der Waals surface area (Å²) in [5.41, 5.74) is 2.58. The molecule has 3 rings (SSSR count). The number of benzene rings is 1.